The molecule has 1 N–H and O–H groups in total. The van der Waals surface area contributed by atoms with Crippen LogP contribution in [0.5, 0.6) is 5.88 Å². The number of ether oxygens (including phenoxy) is 1. The van der Waals surface area contributed by atoms with Crippen molar-refractivity contribution in [2.75, 3.05) is 11.3 Å². The number of anilines is 1. The number of aryl methyl sites for hydroxylation is 2. The van der Waals surface area contributed by atoms with Crippen LogP contribution in [0.25, 0.3) is 11.3 Å². The Bertz CT molecular complexity index is 1880. The second-order valence-electron chi connectivity index (χ2n) is 14.2. The zero-order chi connectivity index (χ0) is 34.1. The Hall–Kier alpha value is -4.38. The third kappa shape index (κ3) is 7.67. The summed E-state index contributed by atoms with van der Waals surface area (Å²) in [6.07, 6.45) is 10.1. The highest BCUT2D eigenvalue weighted by molar-refractivity contribution is 7.92. The van der Waals surface area contributed by atoms with Crippen LogP contribution in [0.15, 0.2) is 65.8 Å². The lowest BCUT2D eigenvalue weighted by Crippen LogP contribution is -2.45. The average Bonchev–Trinajstić information content (AvgIpc) is 3.05. The SMILES string of the molecule is Cc1cccc(C)c1-c1cc2nc(n1)NS(=O)(=O)c1cccc(c1)C(=O)N(Cc1cnc(C3CCCCC3)cn1)[C@H](CC(C)(C)C)CO2. The first-order chi connectivity index (χ1) is 22.9. The van der Waals surface area contributed by atoms with Crippen molar-refractivity contribution >= 4 is 21.9 Å². The van der Waals surface area contributed by atoms with E-state index in [4.69, 9.17) is 14.7 Å². The van der Waals surface area contributed by atoms with Gasteiger partial charge in [0.2, 0.25) is 11.8 Å². The summed E-state index contributed by atoms with van der Waals surface area (Å²) in [5.74, 6) is 0.184. The number of hydrogen-bond acceptors (Lipinski definition) is 8. The fourth-order valence-corrected chi connectivity index (χ4v) is 7.77. The third-order valence-corrected chi connectivity index (χ3v) is 10.4. The second-order valence-corrected chi connectivity index (χ2v) is 15.9. The molecule has 1 saturated carbocycles. The number of aromatic nitrogens is 4. The first kappa shape index (κ1) is 33.5. The van der Waals surface area contributed by atoms with Gasteiger partial charge in [-0.3, -0.25) is 14.8 Å². The lowest BCUT2D eigenvalue weighted by atomic mass is 9.87. The Morgan fingerprint density at radius 1 is 0.938 bits per heavy atom. The van der Waals surface area contributed by atoms with E-state index in [2.05, 4.69) is 35.5 Å². The molecule has 4 aromatic rings. The van der Waals surface area contributed by atoms with Gasteiger partial charge in [0.25, 0.3) is 15.9 Å². The van der Waals surface area contributed by atoms with E-state index >= 15 is 0 Å². The van der Waals surface area contributed by atoms with Gasteiger partial charge in [-0.15, -0.1) is 0 Å². The molecule has 2 aromatic carbocycles. The lowest BCUT2D eigenvalue weighted by Gasteiger charge is -2.35. The van der Waals surface area contributed by atoms with Crippen LogP contribution in [0.1, 0.15) is 98.1 Å². The topological polar surface area (TPSA) is 127 Å². The summed E-state index contributed by atoms with van der Waals surface area (Å²) in [6, 6.07) is 13.3. The maximum Gasteiger partial charge on any atom is 0.264 e. The van der Waals surface area contributed by atoms with Crippen LogP contribution in [-0.4, -0.2) is 51.8 Å². The molecule has 0 unspecified atom stereocenters. The van der Waals surface area contributed by atoms with Crippen LogP contribution < -0.4 is 9.46 Å². The maximum atomic E-state index is 14.4. The smallest absolute Gasteiger partial charge is 0.264 e. The maximum absolute atomic E-state index is 14.4. The van der Waals surface area contributed by atoms with Crippen molar-refractivity contribution in [1.82, 2.24) is 24.8 Å². The van der Waals surface area contributed by atoms with Gasteiger partial charge in [0.1, 0.15) is 6.61 Å². The van der Waals surface area contributed by atoms with E-state index in [1.807, 2.05) is 38.2 Å². The summed E-state index contributed by atoms with van der Waals surface area (Å²) >= 11 is 0. The molecule has 252 valence electrons. The van der Waals surface area contributed by atoms with Crippen molar-refractivity contribution in [3.8, 4) is 17.1 Å². The van der Waals surface area contributed by atoms with Crippen molar-refractivity contribution in [1.29, 1.82) is 0 Å². The van der Waals surface area contributed by atoms with Crippen LogP contribution >= 0.6 is 0 Å². The van der Waals surface area contributed by atoms with E-state index in [9.17, 15) is 13.2 Å². The van der Waals surface area contributed by atoms with E-state index in [0.717, 1.165) is 35.2 Å². The standard InChI is InChI=1S/C37H44N6O4S/c1-24-11-9-12-25(2)34(24)31-18-33-41-36(40-31)42-48(45,46)30-16-10-15-27(17-30)35(44)43(29(23-47-33)19-37(3,4)5)22-28-20-39-32(21-38-28)26-13-7-6-8-14-26/h9-12,15-18,20-21,26,29H,6-8,13-14,19,22-23H2,1-5H3,(H,40,41,42)/t29-/m1/s1. The molecule has 0 saturated heterocycles. The molecule has 3 heterocycles. The number of nitrogens with zero attached hydrogens (tertiary/aromatic N) is 5. The van der Waals surface area contributed by atoms with E-state index in [-0.39, 0.29) is 46.8 Å². The van der Waals surface area contributed by atoms with Crippen molar-refractivity contribution in [2.45, 2.75) is 96.5 Å². The zero-order valence-electron chi connectivity index (χ0n) is 28.4. The average molecular weight is 669 g/mol. The molecule has 1 fully saturated rings. The number of fused-ring (bicyclic) bond motifs is 4. The third-order valence-electron chi connectivity index (χ3n) is 9.11. The van der Waals surface area contributed by atoms with Crippen LogP contribution in [0.2, 0.25) is 0 Å². The van der Waals surface area contributed by atoms with Gasteiger partial charge in [-0.05, 0) is 67.9 Å². The van der Waals surface area contributed by atoms with E-state index in [0.29, 0.717) is 23.7 Å². The Morgan fingerprint density at radius 2 is 1.67 bits per heavy atom. The van der Waals surface area contributed by atoms with Crippen LogP contribution in [0.3, 0.4) is 0 Å². The molecular formula is C37H44N6O4S. The van der Waals surface area contributed by atoms with E-state index in [1.54, 1.807) is 29.3 Å². The number of carbonyl (C=O) groups excluding carboxylic acids is 1. The molecule has 2 aromatic heterocycles. The fraction of sp³-hybridized carbons (Fsp3) is 0.432. The number of benzene rings is 2. The molecular weight excluding hydrogens is 625 g/mol. The molecule has 1 aliphatic carbocycles. The monoisotopic (exact) mass is 668 g/mol. The molecule has 0 radical (unpaired) electrons. The largest absolute Gasteiger partial charge is 0.475 e. The predicted molar refractivity (Wildman–Crippen MR) is 185 cm³/mol. The number of nitrogens with one attached hydrogen (secondary N) is 1. The molecule has 0 spiro atoms. The molecule has 4 bridgehead atoms. The summed E-state index contributed by atoms with van der Waals surface area (Å²) in [6.45, 7) is 10.6. The molecule has 1 atom stereocenters. The number of amides is 1. The number of hydrogen-bond donors (Lipinski definition) is 1. The Kier molecular flexibility index (Phi) is 9.51. The highest BCUT2D eigenvalue weighted by atomic mass is 32.2. The van der Waals surface area contributed by atoms with Gasteiger partial charge < -0.3 is 9.64 Å². The Balaban J connectivity index is 1.43. The molecule has 2 aliphatic rings. The van der Waals surface area contributed by atoms with Crippen molar-refractivity contribution in [2.24, 2.45) is 5.41 Å². The quantitative estimate of drug-likeness (QED) is 0.236. The highest BCUT2D eigenvalue weighted by Gasteiger charge is 2.32. The fourth-order valence-electron chi connectivity index (χ4n) is 6.78. The van der Waals surface area contributed by atoms with Crippen LogP contribution in [-0.2, 0) is 16.6 Å². The van der Waals surface area contributed by atoms with Gasteiger partial charge in [0.15, 0.2) is 0 Å². The first-order valence-corrected chi connectivity index (χ1v) is 18.2. The van der Waals surface area contributed by atoms with Crippen molar-refractivity contribution in [3.05, 3.63) is 89.0 Å². The van der Waals surface area contributed by atoms with Gasteiger partial charge in [0.05, 0.1) is 40.8 Å². The minimum Gasteiger partial charge on any atom is -0.475 e. The van der Waals surface area contributed by atoms with E-state index < -0.39 is 16.1 Å². The minimum absolute atomic E-state index is 0.0694. The Morgan fingerprint density at radius 3 is 2.35 bits per heavy atom. The zero-order valence-corrected chi connectivity index (χ0v) is 29.2. The predicted octanol–water partition coefficient (Wildman–Crippen LogP) is 7.24. The van der Waals surface area contributed by atoms with Crippen LogP contribution in [0.4, 0.5) is 5.95 Å². The summed E-state index contributed by atoms with van der Waals surface area (Å²) < 4.78 is 36.3. The normalized spacial score (nSPS) is 18.6. The first-order valence-electron chi connectivity index (χ1n) is 16.7. The summed E-state index contributed by atoms with van der Waals surface area (Å²) in [7, 11) is -4.16. The highest BCUT2D eigenvalue weighted by Crippen LogP contribution is 2.33. The second kappa shape index (κ2) is 13.6. The summed E-state index contributed by atoms with van der Waals surface area (Å²) in [5, 5.41) is 0. The number of sulfonamides is 1. The van der Waals surface area contributed by atoms with Crippen molar-refractivity contribution < 1.29 is 17.9 Å². The molecule has 1 aliphatic heterocycles. The minimum atomic E-state index is -4.16. The van der Waals surface area contributed by atoms with Gasteiger partial charge >= 0.3 is 0 Å². The van der Waals surface area contributed by atoms with Gasteiger partial charge in [-0.1, -0.05) is 64.3 Å². The molecule has 6 rings (SSSR count). The Labute approximate surface area is 283 Å². The van der Waals surface area contributed by atoms with Gasteiger partial charge in [0, 0.05) is 29.3 Å². The van der Waals surface area contributed by atoms with E-state index in [1.165, 1.54) is 31.4 Å². The summed E-state index contributed by atoms with van der Waals surface area (Å²) in [4.78, 5) is 34.7. The van der Waals surface area contributed by atoms with Crippen molar-refractivity contribution in [3.63, 3.8) is 0 Å². The molecule has 10 nitrogen and oxygen atoms in total. The van der Waals surface area contributed by atoms with Gasteiger partial charge in [-0.2, -0.15) is 4.98 Å². The molecule has 11 heteroatoms. The summed E-state index contributed by atoms with van der Waals surface area (Å²) in [5.41, 5.74) is 5.08. The molecule has 1 amide bonds. The number of carbonyl (C=O) groups is 1. The number of rotatable bonds is 5. The molecule has 48 heavy (non-hydrogen) atoms. The lowest BCUT2D eigenvalue weighted by molar-refractivity contribution is 0.0509. The van der Waals surface area contributed by atoms with Gasteiger partial charge in [-0.25, -0.2) is 18.1 Å². The van der Waals surface area contributed by atoms with Crippen LogP contribution in [0, 0.1) is 19.3 Å².